The predicted molar refractivity (Wildman–Crippen MR) is 82.5 cm³/mol. The molecule has 0 atom stereocenters. The van der Waals surface area contributed by atoms with Gasteiger partial charge in [-0.1, -0.05) is 29.8 Å². The molecule has 2 aromatic rings. The summed E-state index contributed by atoms with van der Waals surface area (Å²) in [5.74, 6) is 0.767. The topological polar surface area (TPSA) is 84.2 Å². The fraction of sp³-hybridized carbons (Fsp3) is 0.333. The molecule has 3 rings (SSSR count). The summed E-state index contributed by atoms with van der Waals surface area (Å²) in [6, 6.07) is 7.67. The van der Waals surface area contributed by atoms with E-state index in [1.54, 1.807) is 0 Å². The smallest absolute Gasteiger partial charge is 0.262 e. The maximum absolute atomic E-state index is 12.4. The van der Waals surface area contributed by atoms with Crippen molar-refractivity contribution in [2.24, 2.45) is 0 Å². The summed E-state index contributed by atoms with van der Waals surface area (Å²) < 4.78 is 5.30. The summed E-state index contributed by atoms with van der Waals surface area (Å²) in [4.78, 5) is 21.5. The van der Waals surface area contributed by atoms with Crippen LogP contribution in [-0.2, 0) is 4.74 Å². The second-order valence-corrected chi connectivity index (χ2v) is 5.12. The molecule has 1 fully saturated rings. The average molecular weight is 286 g/mol. The number of hydrogen-bond donors (Lipinski definition) is 2. The van der Waals surface area contributed by atoms with Gasteiger partial charge in [-0.2, -0.15) is 4.98 Å². The fourth-order valence-electron chi connectivity index (χ4n) is 2.48. The highest BCUT2D eigenvalue weighted by atomic mass is 16.5. The molecule has 0 amide bonds. The molecule has 1 aliphatic rings. The summed E-state index contributed by atoms with van der Waals surface area (Å²) in [5.41, 5.74) is 8.09. The lowest BCUT2D eigenvalue weighted by atomic mass is 10.1. The molecular formula is C15H18N4O2. The number of rotatable bonds is 2. The van der Waals surface area contributed by atoms with Gasteiger partial charge in [0.25, 0.3) is 5.56 Å². The van der Waals surface area contributed by atoms with Crippen LogP contribution in [0.25, 0.3) is 11.1 Å². The number of aryl methyl sites for hydroxylation is 1. The normalized spacial score (nSPS) is 15.2. The van der Waals surface area contributed by atoms with Crippen LogP contribution in [0.1, 0.15) is 5.56 Å². The van der Waals surface area contributed by atoms with Gasteiger partial charge in [-0.25, -0.2) is 0 Å². The Morgan fingerprint density at radius 2 is 2.10 bits per heavy atom. The van der Waals surface area contributed by atoms with E-state index < -0.39 is 0 Å². The number of nitrogens with one attached hydrogen (secondary N) is 1. The lowest BCUT2D eigenvalue weighted by Gasteiger charge is -2.27. The number of nitrogens with two attached hydrogens (primary N) is 1. The van der Waals surface area contributed by atoms with Crippen LogP contribution < -0.4 is 16.2 Å². The van der Waals surface area contributed by atoms with E-state index in [4.69, 9.17) is 10.5 Å². The molecule has 1 saturated heterocycles. The van der Waals surface area contributed by atoms with E-state index in [1.165, 1.54) is 0 Å². The second-order valence-electron chi connectivity index (χ2n) is 5.12. The monoisotopic (exact) mass is 286 g/mol. The lowest BCUT2D eigenvalue weighted by molar-refractivity contribution is 0.122. The van der Waals surface area contributed by atoms with Gasteiger partial charge in [0.1, 0.15) is 5.82 Å². The first-order valence-electron chi connectivity index (χ1n) is 6.94. The Kier molecular flexibility index (Phi) is 3.62. The molecule has 0 aliphatic carbocycles. The van der Waals surface area contributed by atoms with Crippen LogP contribution in [0.15, 0.2) is 29.1 Å². The highest BCUT2D eigenvalue weighted by Crippen LogP contribution is 2.22. The van der Waals surface area contributed by atoms with Crippen molar-refractivity contribution in [2.45, 2.75) is 6.92 Å². The van der Waals surface area contributed by atoms with E-state index in [1.807, 2.05) is 36.1 Å². The zero-order valence-corrected chi connectivity index (χ0v) is 11.9. The van der Waals surface area contributed by atoms with E-state index >= 15 is 0 Å². The van der Waals surface area contributed by atoms with Crippen molar-refractivity contribution >= 4 is 11.8 Å². The summed E-state index contributed by atoms with van der Waals surface area (Å²) in [5, 5.41) is 0. The van der Waals surface area contributed by atoms with E-state index in [0.29, 0.717) is 37.8 Å². The van der Waals surface area contributed by atoms with Gasteiger partial charge in [0.05, 0.1) is 18.8 Å². The van der Waals surface area contributed by atoms with E-state index in [2.05, 4.69) is 9.97 Å². The molecular weight excluding hydrogens is 268 g/mol. The summed E-state index contributed by atoms with van der Waals surface area (Å²) in [7, 11) is 0. The van der Waals surface area contributed by atoms with Gasteiger partial charge in [0, 0.05) is 13.1 Å². The third-order valence-electron chi connectivity index (χ3n) is 3.55. The Morgan fingerprint density at radius 3 is 2.76 bits per heavy atom. The van der Waals surface area contributed by atoms with Gasteiger partial charge in [0.2, 0.25) is 5.95 Å². The van der Waals surface area contributed by atoms with Gasteiger partial charge >= 0.3 is 0 Å². The minimum atomic E-state index is -0.213. The maximum atomic E-state index is 12.4. The number of anilines is 2. The molecule has 3 N–H and O–H groups in total. The quantitative estimate of drug-likeness (QED) is 0.865. The average Bonchev–Trinajstić information content (AvgIpc) is 2.47. The molecule has 21 heavy (non-hydrogen) atoms. The molecule has 2 heterocycles. The Hall–Kier alpha value is -2.34. The van der Waals surface area contributed by atoms with Crippen molar-refractivity contribution in [1.29, 1.82) is 0 Å². The van der Waals surface area contributed by atoms with Crippen LogP contribution in [0.3, 0.4) is 0 Å². The summed E-state index contributed by atoms with van der Waals surface area (Å²) in [6.45, 7) is 4.63. The lowest BCUT2D eigenvalue weighted by Crippen LogP contribution is -2.38. The Labute approximate surface area is 122 Å². The molecule has 0 spiro atoms. The molecule has 110 valence electrons. The van der Waals surface area contributed by atoms with Gasteiger partial charge in [-0.15, -0.1) is 0 Å². The van der Waals surface area contributed by atoms with Gasteiger partial charge in [0.15, 0.2) is 0 Å². The molecule has 1 aromatic carbocycles. The van der Waals surface area contributed by atoms with E-state index in [9.17, 15) is 4.79 Å². The summed E-state index contributed by atoms with van der Waals surface area (Å²) >= 11 is 0. The second kappa shape index (κ2) is 5.57. The zero-order chi connectivity index (χ0) is 14.8. The molecule has 1 aromatic heterocycles. The molecule has 6 nitrogen and oxygen atoms in total. The van der Waals surface area contributed by atoms with E-state index in [0.717, 1.165) is 11.1 Å². The van der Waals surface area contributed by atoms with Crippen molar-refractivity contribution in [3.05, 3.63) is 40.2 Å². The molecule has 0 unspecified atom stereocenters. The maximum Gasteiger partial charge on any atom is 0.262 e. The number of ether oxygens (including phenoxy) is 1. The number of morpholine rings is 1. The number of nitrogen functional groups attached to an aromatic ring is 1. The van der Waals surface area contributed by atoms with Crippen molar-refractivity contribution in [2.75, 3.05) is 36.9 Å². The number of benzene rings is 1. The predicted octanol–water partition coefficient (Wildman–Crippen LogP) is 1.16. The molecule has 0 bridgehead atoms. The largest absolute Gasteiger partial charge is 0.383 e. The van der Waals surface area contributed by atoms with Crippen LogP contribution in [0, 0.1) is 6.92 Å². The zero-order valence-electron chi connectivity index (χ0n) is 11.9. The Balaban J connectivity index is 2.02. The Morgan fingerprint density at radius 1 is 1.33 bits per heavy atom. The SMILES string of the molecule is Cc1cccc(-c2c(N)nc(N3CCOCC3)[nH]c2=O)c1. The molecule has 1 aliphatic heterocycles. The van der Waals surface area contributed by atoms with Crippen molar-refractivity contribution < 1.29 is 4.74 Å². The van der Waals surface area contributed by atoms with Crippen LogP contribution in [0.5, 0.6) is 0 Å². The number of hydrogen-bond acceptors (Lipinski definition) is 5. The van der Waals surface area contributed by atoms with Crippen LogP contribution >= 0.6 is 0 Å². The highest BCUT2D eigenvalue weighted by molar-refractivity contribution is 5.74. The van der Waals surface area contributed by atoms with E-state index in [-0.39, 0.29) is 11.4 Å². The number of H-pyrrole nitrogens is 1. The number of nitrogens with zero attached hydrogens (tertiary/aromatic N) is 2. The standard InChI is InChI=1S/C15H18N4O2/c1-10-3-2-4-11(9-10)12-13(16)17-15(18-14(12)20)19-5-7-21-8-6-19/h2-4,9H,5-8H2,1H3,(H3,16,17,18,20). The molecule has 0 saturated carbocycles. The molecule has 6 heteroatoms. The van der Waals surface area contributed by atoms with Crippen molar-refractivity contribution in [3.63, 3.8) is 0 Å². The first-order valence-corrected chi connectivity index (χ1v) is 6.94. The third kappa shape index (κ3) is 2.75. The number of aromatic nitrogens is 2. The van der Waals surface area contributed by atoms with Crippen LogP contribution in [-0.4, -0.2) is 36.3 Å². The first kappa shape index (κ1) is 13.6. The van der Waals surface area contributed by atoms with Crippen molar-refractivity contribution in [1.82, 2.24) is 9.97 Å². The minimum absolute atomic E-state index is 0.213. The summed E-state index contributed by atoms with van der Waals surface area (Å²) in [6.07, 6.45) is 0. The van der Waals surface area contributed by atoms with Crippen LogP contribution in [0.4, 0.5) is 11.8 Å². The Bertz CT molecular complexity index is 705. The minimum Gasteiger partial charge on any atom is -0.383 e. The number of aromatic amines is 1. The molecule has 0 radical (unpaired) electrons. The van der Waals surface area contributed by atoms with Gasteiger partial charge < -0.3 is 15.4 Å². The van der Waals surface area contributed by atoms with Crippen molar-refractivity contribution in [3.8, 4) is 11.1 Å². The third-order valence-corrected chi connectivity index (χ3v) is 3.55. The fourth-order valence-corrected chi connectivity index (χ4v) is 2.48. The first-order chi connectivity index (χ1) is 10.1. The van der Waals surface area contributed by atoms with Gasteiger partial charge in [-0.3, -0.25) is 9.78 Å². The van der Waals surface area contributed by atoms with Gasteiger partial charge in [-0.05, 0) is 12.5 Å². The van der Waals surface area contributed by atoms with Crippen LogP contribution in [0.2, 0.25) is 0 Å². The highest BCUT2D eigenvalue weighted by Gasteiger charge is 2.17.